The van der Waals surface area contributed by atoms with E-state index in [0.717, 1.165) is 18.5 Å². The Labute approximate surface area is 135 Å². The molecule has 5 heteroatoms. The number of nitrogens with two attached hydrogens (primary N) is 1. The second-order valence-corrected chi connectivity index (χ2v) is 6.58. The fourth-order valence-corrected chi connectivity index (χ4v) is 4.06. The number of thiophene rings is 1. The van der Waals surface area contributed by atoms with Gasteiger partial charge in [-0.2, -0.15) is 0 Å². The maximum Gasteiger partial charge on any atom is 0.227 e. The van der Waals surface area contributed by atoms with Crippen LogP contribution in [-0.2, 0) is 11.2 Å². The molecule has 2 N–H and O–H groups in total. The summed E-state index contributed by atoms with van der Waals surface area (Å²) in [6.45, 7) is 3.62. The van der Waals surface area contributed by atoms with Crippen LogP contribution in [0.2, 0.25) is 0 Å². The van der Waals surface area contributed by atoms with Crippen molar-refractivity contribution in [2.75, 3.05) is 13.1 Å². The summed E-state index contributed by atoms with van der Waals surface area (Å²) < 4.78 is 1.25. The van der Waals surface area contributed by atoms with Gasteiger partial charge in [-0.3, -0.25) is 4.79 Å². The molecule has 3 nitrogen and oxygen atoms in total. The summed E-state index contributed by atoms with van der Waals surface area (Å²) in [5.41, 5.74) is 6.88. The van der Waals surface area contributed by atoms with Gasteiger partial charge >= 0.3 is 0 Å². The molecule has 1 saturated heterocycles. The van der Waals surface area contributed by atoms with Crippen molar-refractivity contribution >= 4 is 39.7 Å². The first-order valence-corrected chi connectivity index (χ1v) is 8.01. The Bertz CT molecular complexity index is 628. The molecule has 1 aromatic carbocycles. The van der Waals surface area contributed by atoms with E-state index in [9.17, 15) is 4.79 Å². The highest BCUT2D eigenvalue weighted by atomic mass is 35.5. The van der Waals surface area contributed by atoms with Crippen molar-refractivity contribution in [3.05, 3.63) is 35.2 Å². The number of amides is 1. The standard InChI is InChI=1S/C16H20N2OS.ClH/c1-11-6-12(8-17)9-18(11)16(19)7-13-10-20-15-5-3-2-4-14(13)15;/h2-5,10-12H,6-9,17H2,1H3;1H. The van der Waals surface area contributed by atoms with Gasteiger partial charge in [-0.25, -0.2) is 0 Å². The van der Waals surface area contributed by atoms with Crippen LogP contribution in [0.4, 0.5) is 0 Å². The average molecular weight is 325 g/mol. The number of halogens is 1. The average Bonchev–Trinajstić information content (AvgIpc) is 3.03. The summed E-state index contributed by atoms with van der Waals surface area (Å²) in [6.07, 6.45) is 1.54. The van der Waals surface area contributed by atoms with E-state index >= 15 is 0 Å². The van der Waals surface area contributed by atoms with E-state index in [0.29, 0.717) is 24.9 Å². The van der Waals surface area contributed by atoms with Crippen LogP contribution in [0.1, 0.15) is 18.9 Å². The van der Waals surface area contributed by atoms with Crippen LogP contribution in [0.5, 0.6) is 0 Å². The lowest BCUT2D eigenvalue weighted by molar-refractivity contribution is -0.131. The lowest BCUT2D eigenvalue weighted by Gasteiger charge is -2.21. The van der Waals surface area contributed by atoms with E-state index in [1.54, 1.807) is 11.3 Å². The fourth-order valence-electron chi connectivity index (χ4n) is 3.09. The number of rotatable bonds is 3. The predicted octanol–water partition coefficient (Wildman–Crippen LogP) is 3.06. The quantitative estimate of drug-likeness (QED) is 0.943. The number of hydrogen-bond donors (Lipinski definition) is 1. The summed E-state index contributed by atoms with van der Waals surface area (Å²) in [5.74, 6) is 0.699. The lowest BCUT2D eigenvalue weighted by Crippen LogP contribution is -2.35. The minimum absolute atomic E-state index is 0. The number of likely N-dealkylation sites (tertiary alicyclic amines) is 1. The van der Waals surface area contributed by atoms with Gasteiger partial charge in [0.1, 0.15) is 0 Å². The summed E-state index contributed by atoms with van der Waals surface area (Å²) in [4.78, 5) is 14.5. The Kier molecular flexibility index (Phi) is 5.25. The number of benzene rings is 1. The minimum Gasteiger partial charge on any atom is -0.339 e. The third-order valence-corrected chi connectivity index (χ3v) is 5.23. The maximum absolute atomic E-state index is 12.5. The molecular formula is C16H21ClN2OS. The molecule has 2 unspecified atom stereocenters. The second-order valence-electron chi connectivity index (χ2n) is 5.67. The van der Waals surface area contributed by atoms with Crippen LogP contribution in [-0.4, -0.2) is 29.9 Å². The Morgan fingerprint density at radius 3 is 2.90 bits per heavy atom. The van der Waals surface area contributed by atoms with Crippen molar-refractivity contribution in [2.24, 2.45) is 11.7 Å². The SMILES string of the molecule is CC1CC(CN)CN1C(=O)Cc1csc2ccccc12.Cl. The maximum atomic E-state index is 12.5. The van der Waals surface area contributed by atoms with Crippen LogP contribution < -0.4 is 5.73 Å². The minimum atomic E-state index is 0. The molecule has 1 amide bonds. The van der Waals surface area contributed by atoms with E-state index in [2.05, 4.69) is 24.4 Å². The Hall–Kier alpha value is -1.10. The van der Waals surface area contributed by atoms with E-state index in [1.165, 1.54) is 10.1 Å². The van der Waals surface area contributed by atoms with Crippen LogP contribution in [0.3, 0.4) is 0 Å². The van der Waals surface area contributed by atoms with Gasteiger partial charge in [0.25, 0.3) is 0 Å². The fraction of sp³-hybridized carbons (Fsp3) is 0.438. The van der Waals surface area contributed by atoms with Gasteiger partial charge < -0.3 is 10.6 Å². The van der Waals surface area contributed by atoms with E-state index in [1.807, 2.05) is 17.0 Å². The number of fused-ring (bicyclic) bond motifs is 1. The second kappa shape index (κ2) is 6.77. The van der Waals surface area contributed by atoms with Crippen molar-refractivity contribution in [3.63, 3.8) is 0 Å². The highest BCUT2D eigenvalue weighted by molar-refractivity contribution is 7.17. The molecule has 1 aromatic heterocycles. The Balaban J connectivity index is 0.00000161. The van der Waals surface area contributed by atoms with Crippen molar-refractivity contribution in [2.45, 2.75) is 25.8 Å². The Morgan fingerprint density at radius 2 is 2.19 bits per heavy atom. The zero-order valence-corrected chi connectivity index (χ0v) is 13.8. The van der Waals surface area contributed by atoms with Gasteiger partial charge in [0, 0.05) is 17.3 Å². The van der Waals surface area contributed by atoms with Gasteiger partial charge in [0.05, 0.1) is 6.42 Å². The molecule has 2 heterocycles. The molecule has 114 valence electrons. The van der Waals surface area contributed by atoms with Crippen LogP contribution in [0.15, 0.2) is 29.6 Å². The third kappa shape index (κ3) is 3.23. The molecule has 0 aliphatic carbocycles. The van der Waals surface area contributed by atoms with Crippen molar-refractivity contribution in [1.82, 2.24) is 4.90 Å². The number of carbonyl (C=O) groups excluding carboxylic acids is 1. The first-order chi connectivity index (χ1) is 9.69. The highest BCUT2D eigenvalue weighted by Gasteiger charge is 2.31. The van der Waals surface area contributed by atoms with Gasteiger partial charge in [0.15, 0.2) is 0 Å². The van der Waals surface area contributed by atoms with Gasteiger partial charge in [-0.1, -0.05) is 18.2 Å². The molecule has 3 rings (SSSR count). The predicted molar refractivity (Wildman–Crippen MR) is 91.1 cm³/mol. The molecule has 21 heavy (non-hydrogen) atoms. The van der Waals surface area contributed by atoms with Crippen molar-refractivity contribution < 1.29 is 4.79 Å². The Morgan fingerprint density at radius 1 is 1.43 bits per heavy atom. The molecule has 1 aliphatic rings. The van der Waals surface area contributed by atoms with Gasteiger partial charge in [-0.05, 0) is 48.2 Å². The van der Waals surface area contributed by atoms with Crippen molar-refractivity contribution in [1.29, 1.82) is 0 Å². The monoisotopic (exact) mass is 324 g/mol. The number of nitrogens with zero attached hydrogens (tertiary/aromatic N) is 1. The molecule has 0 spiro atoms. The molecule has 0 saturated carbocycles. The van der Waals surface area contributed by atoms with Gasteiger partial charge in [-0.15, -0.1) is 23.7 Å². The number of carbonyl (C=O) groups is 1. The first kappa shape index (κ1) is 16.3. The molecule has 0 radical (unpaired) electrons. The zero-order chi connectivity index (χ0) is 14.1. The first-order valence-electron chi connectivity index (χ1n) is 7.13. The molecule has 1 aliphatic heterocycles. The summed E-state index contributed by atoms with van der Waals surface area (Å²) in [5, 5.41) is 3.33. The number of hydrogen-bond acceptors (Lipinski definition) is 3. The van der Waals surface area contributed by atoms with Crippen LogP contribution in [0, 0.1) is 5.92 Å². The van der Waals surface area contributed by atoms with Crippen LogP contribution in [0.25, 0.3) is 10.1 Å². The van der Waals surface area contributed by atoms with Crippen molar-refractivity contribution in [3.8, 4) is 0 Å². The molecule has 2 atom stereocenters. The highest BCUT2D eigenvalue weighted by Crippen LogP contribution is 2.28. The summed E-state index contributed by atoms with van der Waals surface area (Å²) >= 11 is 1.71. The van der Waals surface area contributed by atoms with Gasteiger partial charge in [0.2, 0.25) is 5.91 Å². The van der Waals surface area contributed by atoms with Crippen LogP contribution >= 0.6 is 23.7 Å². The topological polar surface area (TPSA) is 46.3 Å². The third-order valence-electron chi connectivity index (χ3n) is 4.22. The normalized spacial score (nSPS) is 21.5. The van der Waals surface area contributed by atoms with E-state index < -0.39 is 0 Å². The summed E-state index contributed by atoms with van der Waals surface area (Å²) in [6, 6.07) is 8.60. The molecule has 1 fully saturated rings. The molecule has 0 bridgehead atoms. The van der Waals surface area contributed by atoms with E-state index in [-0.39, 0.29) is 18.3 Å². The molecular weight excluding hydrogens is 304 g/mol. The van der Waals surface area contributed by atoms with E-state index in [4.69, 9.17) is 5.73 Å². The zero-order valence-electron chi connectivity index (χ0n) is 12.1. The lowest BCUT2D eigenvalue weighted by atomic mass is 10.1. The largest absolute Gasteiger partial charge is 0.339 e. The summed E-state index contributed by atoms with van der Waals surface area (Å²) in [7, 11) is 0. The smallest absolute Gasteiger partial charge is 0.227 e. The molecule has 2 aromatic rings.